The van der Waals surface area contributed by atoms with E-state index in [2.05, 4.69) is 193 Å². The van der Waals surface area contributed by atoms with Crippen molar-refractivity contribution in [2.45, 2.75) is 0 Å². The minimum atomic E-state index is 0.911. The summed E-state index contributed by atoms with van der Waals surface area (Å²) in [4.78, 5) is 2.31. The molecule has 0 aliphatic heterocycles. The van der Waals surface area contributed by atoms with E-state index >= 15 is 0 Å². The lowest BCUT2D eigenvalue weighted by atomic mass is 9.93. The molecule has 0 aliphatic rings. The van der Waals surface area contributed by atoms with Gasteiger partial charge < -0.3 is 9.32 Å². The Kier molecular flexibility index (Phi) is 7.18. The summed E-state index contributed by atoms with van der Waals surface area (Å²) in [5.74, 6) is 0. The molecule has 1 heterocycles. The summed E-state index contributed by atoms with van der Waals surface area (Å²) in [5, 5.41) is 7.39. The minimum absolute atomic E-state index is 0.911. The zero-order valence-electron chi connectivity index (χ0n) is 28.4. The van der Waals surface area contributed by atoms with Crippen molar-refractivity contribution in [2.24, 2.45) is 0 Å². The van der Waals surface area contributed by atoms with Crippen LogP contribution in [0.2, 0.25) is 0 Å². The van der Waals surface area contributed by atoms with E-state index in [0.717, 1.165) is 50.1 Å². The van der Waals surface area contributed by atoms with Gasteiger partial charge in [-0.3, -0.25) is 0 Å². The molecule has 0 saturated heterocycles. The molecule has 52 heavy (non-hydrogen) atoms. The maximum absolute atomic E-state index is 6.36. The first kappa shape index (κ1) is 30.0. The summed E-state index contributed by atoms with van der Waals surface area (Å²) in [5.41, 5.74) is 12.2. The van der Waals surface area contributed by atoms with Crippen molar-refractivity contribution in [3.8, 4) is 33.4 Å². The monoisotopic (exact) mass is 663 g/mol. The Hall–Kier alpha value is -6.90. The van der Waals surface area contributed by atoms with Gasteiger partial charge in [-0.2, -0.15) is 0 Å². The smallest absolute Gasteiger partial charge is 0.143 e. The first-order chi connectivity index (χ1) is 25.8. The zero-order valence-corrected chi connectivity index (χ0v) is 28.4. The summed E-state index contributed by atoms with van der Waals surface area (Å²) in [6.45, 7) is 0. The van der Waals surface area contributed by atoms with Crippen LogP contribution in [0.15, 0.2) is 205 Å². The fraction of sp³-hybridized carbons (Fsp3) is 0. The molecule has 0 N–H and O–H groups in total. The van der Waals surface area contributed by atoms with E-state index in [-0.39, 0.29) is 0 Å². The lowest BCUT2D eigenvalue weighted by Gasteiger charge is -2.26. The van der Waals surface area contributed by atoms with E-state index < -0.39 is 0 Å². The highest BCUT2D eigenvalue weighted by Crippen LogP contribution is 2.40. The molecule has 0 fully saturated rings. The van der Waals surface area contributed by atoms with Crippen molar-refractivity contribution >= 4 is 60.5 Å². The van der Waals surface area contributed by atoms with Gasteiger partial charge >= 0.3 is 0 Å². The molecule has 1 aromatic heterocycles. The molecule has 0 saturated carbocycles. The molecule has 0 radical (unpaired) electrons. The maximum Gasteiger partial charge on any atom is 0.143 e. The molecule has 9 aromatic carbocycles. The predicted octanol–water partition coefficient (Wildman–Crippen LogP) is 14.4. The van der Waals surface area contributed by atoms with Crippen LogP contribution in [0.3, 0.4) is 0 Å². The first-order valence-corrected chi connectivity index (χ1v) is 17.8. The van der Waals surface area contributed by atoms with Gasteiger partial charge in [0.25, 0.3) is 0 Å². The van der Waals surface area contributed by atoms with E-state index in [1.54, 1.807) is 0 Å². The second kappa shape index (κ2) is 12.5. The number of hydrogen-bond acceptors (Lipinski definition) is 2. The highest BCUT2D eigenvalue weighted by molar-refractivity contribution is 6.12. The highest BCUT2D eigenvalue weighted by Gasteiger charge is 2.16. The van der Waals surface area contributed by atoms with Crippen LogP contribution in [0.25, 0.3) is 76.9 Å². The van der Waals surface area contributed by atoms with Crippen LogP contribution < -0.4 is 4.90 Å². The summed E-state index contributed by atoms with van der Waals surface area (Å²) >= 11 is 0. The number of benzene rings is 9. The van der Waals surface area contributed by atoms with Gasteiger partial charge in [0.15, 0.2) is 0 Å². The zero-order chi connectivity index (χ0) is 34.4. The molecule has 0 aliphatic carbocycles. The largest absolute Gasteiger partial charge is 0.455 e. The van der Waals surface area contributed by atoms with Crippen molar-refractivity contribution in [3.63, 3.8) is 0 Å². The average molecular weight is 664 g/mol. The molecule has 244 valence electrons. The Morgan fingerprint density at radius 1 is 0.308 bits per heavy atom. The van der Waals surface area contributed by atoms with Crippen LogP contribution in [0.1, 0.15) is 0 Å². The van der Waals surface area contributed by atoms with Crippen LogP contribution in [0, 0.1) is 0 Å². The lowest BCUT2D eigenvalue weighted by Crippen LogP contribution is -2.09. The van der Waals surface area contributed by atoms with Gasteiger partial charge in [-0.1, -0.05) is 152 Å². The summed E-state index contributed by atoms with van der Waals surface area (Å²) in [6.07, 6.45) is 0. The van der Waals surface area contributed by atoms with E-state index in [4.69, 9.17) is 4.42 Å². The Morgan fingerprint density at radius 2 is 0.904 bits per heavy atom. The first-order valence-electron chi connectivity index (χ1n) is 17.8. The second-order valence-electron chi connectivity index (χ2n) is 13.3. The number of rotatable bonds is 6. The normalized spacial score (nSPS) is 11.5. The van der Waals surface area contributed by atoms with Gasteiger partial charge in [0.05, 0.1) is 0 Å². The van der Waals surface area contributed by atoms with Gasteiger partial charge in [-0.25, -0.2) is 0 Å². The number of nitrogens with zero attached hydrogens (tertiary/aromatic N) is 1. The molecule has 2 nitrogen and oxygen atoms in total. The van der Waals surface area contributed by atoms with Gasteiger partial charge in [0.1, 0.15) is 11.2 Å². The van der Waals surface area contributed by atoms with Crippen LogP contribution in [0.4, 0.5) is 17.1 Å². The van der Waals surface area contributed by atoms with Gasteiger partial charge in [-0.05, 0) is 97.9 Å². The van der Waals surface area contributed by atoms with Crippen LogP contribution in [-0.4, -0.2) is 0 Å². The van der Waals surface area contributed by atoms with E-state index in [0.29, 0.717) is 0 Å². The van der Waals surface area contributed by atoms with Gasteiger partial charge in [-0.15, -0.1) is 0 Å². The Bertz CT molecular complexity index is 2890. The molecule has 0 spiro atoms. The number of para-hydroxylation sites is 3. The van der Waals surface area contributed by atoms with Crippen LogP contribution in [0.5, 0.6) is 0 Å². The van der Waals surface area contributed by atoms with Crippen molar-refractivity contribution in [3.05, 3.63) is 200 Å². The van der Waals surface area contributed by atoms with Crippen molar-refractivity contribution in [1.29, 1.82) is 0 Å². The van der Waals surface area contributed by atoms with Crippen molar-refractivity contribution < 1.29 is 4.42 Å². The third-order valence-corrected chi connectivity index (χ3v) is 10.3. The Balaban J connectivity index is 0.995. The molecular weight excluding hydrogens is 631 g/mol. The lowest BCUT2D eigenvalue weighted by molar-refractivity contribution is 0.670. The summed E-state index contributed by atoms with van der Waals surface area (Å²) in [6, 6.07) is 71.6. The Morgan fingerprint density at radius 3 is 1.71 bits per heavy atom. The van der Waals surface area contributed by atoms with E-state index in [9.17, 15) is 0 Å². The topological polar surface area (TPSA) is 16.4 Å². The number of furan rings is 1. The molecule has 10 aromatic rings. The summed E-state index contributed by atoms with van der Waals surface area (Å²) in [7, 11) is 0. The third-order valence-electron chi connectivity index (χ3n) is 10.3. The molecule has 10 rings (SSSR count). The van der Waals surface area contributed by atoms with E-state index in [1.165, 1.54) is 43.8 Å². The quantitative estimate of drug-likeness (QED) is 0.165. The van der Waals surface area contributed by atoms with Gasteiger partial charge in [0.2, 0.25) is 0 Å². The van der Waals surface area contributed by atoms with Gasteiger partial charge in [0, 0.05) is 33.4 Å². The highest BCUT2D eigenvalue weighted by atomic mass is 16.3. The summed E-state index contributed by atoms with van der Waals surface area (Å²) < 4.78 is 6.36. The SMILES string of the molecule is c1ccc(N(c2ccc(-c3cccc(-c4cccc5c4ccc4ccccc45)c3)cc2)c2ccc(-c3cccc4c3oc3ccccc34)cc2)cc1. The standard InChI is InChI=1S/C50H33NO/c1-2-14-39(15-3-1)51(41-30-25-36(26-31-41)44-19-10-21-48-47-17-6-7-22-49(47)52-50(44)48)40-28-23-34(24-29-40)37-12-8-13-38(33-37)43-18-9-20-45-42-16-5-4-11-35(42)27-32-46(43)45/h1-33H. The average Bonchev–Trinajstić information content (AvgIpc) is 3.61. The Labute approximate surface area is 302 Å². The maximum atomic E-state index is 6.36. The second-order valence-corrected chi connectivity index (χ2v) is 13.3. The molecular formula is C50H33NO. The van der Waals surface area contributed by atoms with Crippen molar-refractivity contribution in [2.75, 3.05) is 4.90 Å². The molecule has 2 heteroatoms. The fourth-order valence-corrected chi connectivity index (χ4v) is 7.75. The number of anilines is 3. The number of fused-ring (bicyclic) bond motifs is 6. The van der Waals surface area contributed by atoms with Crippen molar-refractivity contribution in [1.82, 2.24) is 0 Å². The number of hydrogen-bond donors (Lipinski definition) is 0. The van der Waals surface area contributed by atoms with E-state index in [1.807, 2.05) is 12.1 Å². The molecule has 0 unspecified atom stereocenters. The fourth-order valence-electron chi connectivity index (χ4n) is 7.75. The minimum Gasteiger partial charge on any atom is -0.455 e. The van der Waals surface area contributed by atoms with Crippen LogP contribution >= 0.6 is 0 Å². The molecule has 0 amide bonds. The molecule has 0 atom stereocenters. The third kappa shape index (κ3) is 5.12. The predicted molar refractivity (Wildman–Crippen MR) is 220 cm³/mol. The molecule has 0 bridgehead atoms. The van der Waals surface area contributed by atoms with Crippen LogP contribution in [-0.2, 0) is 0 Å².